The molecule has 0 aromatic heterocycles. The molecule has 516 valence electrons. The SMILES string of the molecule is CCC(C)[C@@H]([C@@H](CC(=O)N1CCC[C@H]1[C@H](OC)[C@@H](C)C(=O)N[C@H](C)C(O)c1ccccc1)OC)N(C)C(=O)[C@@H](NC(=O)[C@H](C(C)C)N(C)C(=O)OCc1ccc(NC(=O)[C@H](CCCNC(N)=O)NC(=O)[C@@H](NC(=O)C(C)NC(=O)OC(C)(C)C)C(C)C)cc1)C(C)C. The number of likely N-dealkylation sites (N-methyl/N-ethyl adjacent to an activating group) is 2. The highest BCUT2D eigenvalue weighted by Crippen LogP contribution is 2.31. The van der Waals surface area contributed by atoms with Crippen LogP contribution in [-0.2, 0) is 59.1 Å². The van der Waals surface area contributed by atoms with Crippen LogP contribution in [0, 0.1) is 29.6 Å². The summed E-state index contributed by atoms with van der Waals surface area (Å²) >= 11 is 0. The van der Waals surface area contributed by atoms with Gasteiger partial charge in [0.05, 0.1) is 48.8 Å². The van der Waals surface area contributed by atoms with E-state index in [0.717, 1.165) is 0 Å². The van der Waals surface area contributed by atoms with Crippen LogP contribution in [0.1, 0.15) is 153 Å². The van der Waals surface area contributed by atoms with Gasteiger partial charge in [-0.2, -0.15) is 0 Å². The molecule has 2 aromatic carbocycles. The molecule has 0 spiro atoms. The molecule has 13 atom stereocenters. The molecule has 11 amide bonds. The second-order valence-corrected chi connectivity index (χ2v) is 26.1. The first kappa shape index (κ1) is 78.7. The predicted octanol–water partition coefficient (Wildman–Crippen LogP) is 5.50. The van der Waals surface area contributed by atoms with Crippen LogP contribution >= 0.6 is 0 Å². The van der Waals surface area contributed by atoms with E-state index in [-0.39, 0.29) is 50.1 Å². The first-order valence-electron chi connectivity index (χ1n) is 32.0. The average Bonchev–Trinajstić information content (AvgIpc) is 1.43. The van der Waals surface area contributed by atoms with Gasteiger partial charge in [0.15, 0.2) is 0 Å². The Kier molecular flexibility index (Phi) is 31.8. The van der Waals surface area contributed by atoms with Gasteiger partial charge in [0.25, 0.3) is 0 Å². The number of aliphatic hydroxyl groups excluding tert-OH is 1. The molecule has 0 bridgehead atoms. The number of rotatable bonds is 34. The Morgan fingerprint density at radius 1 is 0.717 bits per heavy atom. The number of hydrogen-bond donors (Lipinski definition) is 9. The van der Waals surface area contributed by atoms with Crippen LogP contribution in [0.25, 0.3) is 0 Å². The van der Waals surface area contributed by atoms with Crippen LogP contribution in [0.3, 0.4) is 0 Å². The summed E-state index contributed by atoms with van der Waals surface area (Å²) in [7, 11) is 6.07. The number of carbonyl (C=O) groups excluding carboxylic acids is 10. The molecule has 0 saturated carbocycles. The number of primary amides is 1. The highest BCUT2D eigenvalue weighted by atomic mass is 16.6. The number of carbonyl (C=O) groups is 10. The zero-order valence-corrected chi connectivity index (χ0v) is 57.4. The minimum atomic E-state index is -1.15. The zero-order chi connectivity index (χ0) is 69.5. The fourth-order valence-electron chi connectivity index (χ4n) is 11.3. The maximum atomic E-state index is 14.8. The van der Waals surface area contributed by atoms with E-state index in [0.29, 0.717) is 42.6 Å². The number of methoxy groups -OCH3 is 2. The largest absolute Gasteiger partial charge is 0.445 e. The lowest BCUT2D eigenvalue weighted by Gasteiger charge is -2.41. The Morgan fingerprint density at radius 3 is 1.87 bits per heavy atom. The van der Waals surface area contributed by atoms with E-state index < -0.39 is 144 Å². The van der Waals surface area contributed by atoms with Crippen LogP contribution < -0.4 is 43.0 Å². The average molecular weight is 1290 g/mol. The fourth-order valence-corrected chi connectivity index (χ4v) is 11.3. The molecule has 1 saturated heterocycles. The minimum absolute atomic E-state index is 0.0554. The van der Waals surface area contributed by atoms with Crippen molar-refractivity contribution in [1.82, 2.24) is 46.6 Å². The molecule has 1 heterocycles. The summed E-state index contributed by atoms with van der Waals surface area (Å²) in [6, 6.07) is 7.44. The summed E-state index contributed by atoms with van der Waals surface area (Å²) < 4.78 is 23.0. The molecule has 26 nitrogen and oxygen atoms in total. The number of benzene rings is 2. The highest BCUT2D eigenvalue weighted by molar-refractivity contribution is 5.99. The lowest BCUT2D eigenvalue weighted by Crippen LogP contribution is -2.60. The first-order valence-corrected chi connectivity index (χ1v) is 32.0. The Bertz CT molecular complexity index is 2750. The number of nitrogens with two attached hydrogens (primary N) is 1. The summed E-state index contributed by atoms with van der Waals surface area (Å²) in [6.07, 6.45) is -1.95. The minimum Gasteiger partial charge on any atom is -0.445 e. The van der Waals surface area contributed by atoms with Crippen molar-refractivity contribution in [2.24, 2.45) is 35.3 Å². The van der Waals surface area contributed by atoms with Crippen molar-refractivity contribution < 1.29 is 72.0 Å². The third kappa shape index (κ3) is 23.8. The van der Waals surface area contributed by atoms with Gasteiger partial charge in [-0.05, 0) is 107 Å². The van der Waals surface area contributed by atoms with E-state index in [1.165, 1.54) is 33.1 Å². The van der Waals surface area contributed by atoms with E-state index in [1.807, 2.05) is 32.0 Å². The molecule has 1 aliphatic heterocycles. The molecule has 26 heteroatoms. The van der Waals surface area contributed by atoms with Gasteiger partial charge >= 0.3 is 18.2 Å². The van der Waals surface area contributed by atoms with Crippen molar-refractivity contribution in [1.29, 1.82) is 0 Å². The molecule has 2 aromatic rings. The van der Waals surface area contributed by atoms with Crippen molar-refractivity contribution in [2.45, 2.75) is 214 Å². The Morgan fingerprint density at radius 2 is 1.33 bits per heavy atom. The van der Waals surface area contributed by atoms with E-state index >= 15 is 0 Å². The first-order chi connectivity index (χ1) is 43.1. The lowest BCUT2D eigenvalue weighted by molar-refractivity contribution is -0.148. The van der Waals surface area contributed by atoms with Crippen LogP contribution in [0.2, 0.25) is 0 Å². The van der Waals surface area contributed by atoms with Gasteiger partial charge in [0, 0.05) is 47.1 Å². The van der Waals surface area contributed by atoms with Crippen LogP contribution in [0.5, 0.6) is 0 Å². The van der Waals surface area contributed by atoms with Gasteiger partial charge in [-0.25, -0.2) is 14.4 Å². The second-order valence-electron chi connectivity index (χ2n) is 26.1. The van der Waals surface area contributed by atoms with E-state index in [2.05, 4.69) is 37.2 Å². The number of anilines is 1. The van der Waals surface area contributed by atoms with Crippen molar-refractivity contribution in [3.63, 3.8) is 0 Å². The van der Waals surface area contributed by atoms with Crippen LogP contribution in [0.4, 0.5) is 20.1 Å². The molecular weight excluding hydrogens is 1190 g/mol. The molecule has 3 rings (SSSR count). The Hall–Kier alpha value is -7.58. The van der Waals surface area contributed by atoms with Gasteiger partial charge in [0.2, 0.25) is 41.4 Å². The predicted molar refractivity (Wildman–Crippen MR) is 348 cm³/mol. The second kappa shape index (κ2) is 37.2. The summed E-state index contributed by atoms with van der Waals surface area (Å²) in [5, 5.41) is 29.9. The van der Waals surface area contributed by atoms with E-state index in [1.54, 1.807) is 129 Å². The molecule has 0 radical (unpaired) electrons. The van der Waals surface area contributed by atoms with Gasteiger partial charge in [-0.1, -0.05) is 111 Å². The summed E-state index contributed by atoms with van der Waals surface area (Å²) in [5.74, 6) is -5.74. The third-order valence-corrected chi connectivity index (χ3v) is 16.6. The number of aliphatic hydroxyl groups is 1. The van der Waals surface area contributed by atoms with Crippen LogP contribution in [0.15, 0.2) is 54.6 Å². The Labute approximate surface area is 544 Å². The highest BCUT2D eigenvalue weighted by Gasteiger charge is 2.44. The lowest BCUT2D eigenvalue weighted by atomic mass is 9.89. The summed E-state index contributed by atoms with van der Waals surface area (Å²) in [5.41, 5.74) is 5.92. The monoisotopic (exact) mass is 1290 g/mol. The smallest absolute Gasteiger partial charge is 0.410 e. The number of hydrogen-bond acceptors (Lipinski definition) is 15. The molecular formula is C66H107N11O15. The van der Waals surface area contributed by atoms with Crippen molar-refractivity contribution >= 4 is 65.3 Å². The molecule has 92 heavy (non-hydrogen) atoms. The number of nitrogens with one attached hydrogen (secondary N) is 7. The third-order valence-electron chi connectivity index (χ3n) is 16.6. The normalized spacial score (nSPS) is 17.2. The van der Waals surface area contributed by atoms with E-state index in [9.17, 15) is 53.1 Å². The van der Waals surface area contributed by atoms with Crippen LogP contribution in [-0.4, -0.2) is 187 Å². The van der Waals surface area contributed by atoms with Gasteiger partial charge in [0.1, 0.15) is 42.4 Å². The van der Waals surface area contributed by atoms with Crippen molar-refractivity contribution in [3.8, 4) is 0 Å². The molecule has 0 aliphatic carbocycles. The maximum Gasteiger partial charge on any atom is 0.410 e. The molecule has 1 fully saturated rings. The number of nitrogens with zero attached hydrogens (tertiary/aromatic N) is 3. The van der Waals surface area contributed by atoms with Crippen molar-refractivity contribution in [2.75, 3.05) is 46.7 Å². The molecule has 3 unspecified atom stereocenters. The zero-order valence-electron chi connectivity index (χ0n) is 57.4. The van der Waals surface area contributed by atoms with Gasteiger partial charge in [-0.15, -0.1) is 0 Å². The van der Waals surface area contributed by atoms with Gasteiger partial charge < -0.3 is 76.8 Å². The number of alkyl carbamates (subject to hydrolysis) is 1. The topological polar surface area (TPSA) is 348 Å². The Balaban J connectivity index is 1.71. The maximum absolute atomic E-state index is 14.8. The van der Waals surface area contributed by atoms with Crippen molar-refractivity contribution in [3.05, 3.63) is 65.7 Å². The number of amides is 11. The molecule has 1 aliphatic rings. The number of urea groups is 1. The number of ether oxygens (including phenoxy) is 4. The number of likely N-dealkylation sites (tertiary alicyclic amines) is 1. The molecule has 10 N–H and O–H groups in total. The summed E-state index contributed by atoms with van der Waals surface area (Å²) in [4.78, 5) is 140. The van der Waals surface area contributed by atoms with Gasteiger partial charge in [-0.3, -0.25) is 38.5 Å². The van der Waals surface area contributed by atoms with E-state index in [4.69, 9.17) is 24.7 Å². The standard InChI is InChI=1S/C66H107N11O15/c1-19-40(8)54(49(89-17)35-50(78)77-34-24-28-48(77)56(90-18)41(9)57(80)69-42(10)55(79)45-25-21-20-22-26-45)75(15)62(85)52(38(4)5)74-61(84)53(39(6)7)76(16)65(88)91-36-44-29-31-46(32-30-44)71-59(82)47(27-23-33-68-63(67)86)72-60(83)51(37(2)3)73-58(81)43(11)70-64(87)92-66(12,13)14/h20-22,25-26,29-32,37-43,47-49,51-56,79H,19,23-24,27-28,33-36H2,1-18H3,(H,69,80)(H,70,87)(H,71,82)(H,72,83)(H,73,81)(H,74,84)(H3,67,68,86)/t40?,41-,42-,43?,47+,48+,49-,51+,52+,53+,54+,55?,56-/m1/s1. The fraction of sp³-hybridized carbons (Fsp3) is 0.667. The quantitative estimate of drug-likeness (QED) is 0.0391. The summed E-state index contributed by atoms with van der Waals surface area (Å²) in [6.45, 7) is 24.7.